The number of aromatic nitrogens is 3. The minimum atomic E-state index is 0.145. The average Bonchev–Trinajstić information content (AvgIpc) is 3.31. The first kappa shape index (κ1) is 20.8. The fourth-order valence-electron chi connectivity index (χ4n) is 4.83. The van der Waals surface area contributed by atoms with Crippen molar-refractivity contribution in [2.45, 2.75) is 0 Å². The van der Waals surface area contributed by atoms with Crippen LogP contribution in [0.25, 0.3) is 66.6 Å². The molecule has 7 rings (SSSR count). The van der Waals surface area contributed by atoms with Crippen molar-refractivity contribution in [1.82, 2.24) is 15.0 Å². The third kappa shape index (κ3) is 3.43. The molecule has 0 saturated heterocycles. The Morgan fingerprint density at radius 2 is 1.31 bits per heavy atom. The summed E-state index contributed by atoms with van der Waals surface area (Å²) >= 11 is 6.52. The highest BCUT2D eigenvalue weighted by Crippen LogP contribution is 2.42. The second kappa shape index (κ2) is 8.29. The lowest BCUT2D eigenvalue weighted by atomic mass is 9.94. The molecule has 0 amide bonds. The van der Waals surface area contributed by atoms with E-state index in [0.717, 1.165) is 55.0 Å². The lowest BCUT2D eigenvalue weighted by molar-refractivity contribution is 0.669. The van der Waals surface area contributed by atoms with Crippen molar-refractivity contribution in [2.24, 2.45) is 0 Å². The molecule has 0 unspecified atom stereocenters. The van der Waals surface area contributed by atoms with E-state index in [2.05, 4.69) is 58.5 Å². The molecule has 0 aliphatic heterocycles. The van der Waals surface area contributed by atoms with Crippen molar-refractivity contribution < 1.29 is 4.42 Å². The molecule has 0 aliphatic rings. The number of para-hydroxylation sites is 1. The van der Waals surface area contributed by atoms with Crippen LogP contribution in [0.1, 0.15) is 0 Å². The first-order valence-corrected chi connectivity index (χ1v) is 12.0. The molecule has 0 fully saturated rings. The van der Waals surface area contributed by atoms with Crippen molar-refractivity contribution >= 4 is 44.3 Å². The minimum absolute atomic E-state index is 0.145. The topological polar surface area (TPSA) is 51.8 Å². The zero-order valence-electron chi connectivity index (χ0n) is 19.0. The van der Waals surface area contributed by atoms with Crippen molar-refractivity contribution in [3.05, 3.63) is 114 Å². The van der Waals surface area contributed by atoms with Crippen molar-refractivity contribution in [1.29, 1.82) is 0 Å². The first-order valence-electron chi connectivity index (χ1n) is 11.7. The van der Waals surface area contributed by atoms with Gasteiger partial charge in [0, 0.05) is 21.9 Å². The number of hydrogen-bond acceptors (Lipinski definition) is 4. The van der Waals surface area contributed by atoms with E-state index in [1.807, 2.05) is 60.7 Å². The van der Waals surface area contributed by atoms with Gasteiger partial charge in [0.2, 0.25) is 5.28 Å². The minimum Gasteiger partial charge on any atom is -0.456 e. The Hall–Kier alpha value is -4.54. The predicted octanol–water partition coefficient (Wildman–Crippen LogP) is 8.58. The van der Waals surface area contributed by atoms with E-state index in [1.165, 1.54) is 0 Å². The lowest BCUT2D eigenvalue weighted by Crippen LogP contribution is -1.99. The SMILES string of the molecule is Clc1nc(-c2ccc3ccccc3c2)nc(-c2c(-c3ccccc3)ccc3oc4ccccc4c23)n1. The fourth-order valence-corrected chi connectivity index (χ4v) is 4.99. The quantitative estimate of drug-likeness (QED) is 0.252. The third-order valence-corrected chi connectivity index (χ3v) is 6.64. The lowest BCUT2D eigenvalue weighted by Gasteiger charge is -2.12. The second-order valence-corrected chi connectivity index (χ2v) is 8.98. The van der Waals surface area contributed by atoms with Gasteiger partial charge in [-0.3, -0.25) is 0 Å². The van der Waals surface area contributed by atoms with Gasteiger partial charge < -0.3 is 4.42 Å². The molecule has 36 heavy (non-hydrogen) atoms. The smallest absolute Gasteiger partial charge is 0.226 e. The summed E-state index contributed by atoms with van der Waals surface area (Å²) in [7, 11) is 0. The number of nitrogens with zero attached hydrogens (tertiary/aromatic N) is 3. The van der Waals surface area contributed by atoms with E-state index >= 15 is 0 Å². The van der Waals surface area contributed by atoms with Gasteiger partial charge in [0.05, 0.1) is 0 Å². The molecule has 2 aromatic heterocycles. The molecule has 0 aliphatic carbocycles. The Morgan fingerprint density at radius 3 is 2.19 bits per heavy atom. The van der Waals surface area contributed by atoms with E-state index < -0.39 is 0 Å². The number of hydrogen-bond donors (Lipinski definition) is 0. The Balaban J connectivity index is 1.54. The largest absolute Gasteiger partial charge is 0.456 e. The molecule has 0 bridgehead atoms. The van der Waals surface area contributed by atoms with Crippen molar-refractivity contribution in [3.63, 3.8) is 0 Å². The highest BCUT2D eigenvalue weighted by atomic mass is 35.5. The molecular formula is C31H18ClN3O. The van der Waals surface area contributed by atoms with E-state index in [-0.39, 0.29) is 5.28 Å². The Kier molecular flexibility index (Phi) is 4.79. The van der Waals surface area contributed by atoms with E-state index in [0.29, 0.717) is 11.6 Å². The summed E-state index contributed by atoms with van der Waals surface area (Å²) in [5.74, 6) is 1.04. The normalized spacial score (nSPS) is 11.5. The van der Waals surface area contributed by atoms with Crippen LogP contribution >= 0.6 is 11.6 Å². The van der Waals surface area contributed by atoms with Crippen LogP contribution in [-0.2, 0) is 0 Å². The maximum absolute atomic E-state index is 6.52. The summed E-state index contributed by atoms with van der Waals surface area (Å²) in [5, 5.41) is 4.37. The van der Waals surface area contributed by atoms with Gasteiger partial charge in [-0.25, -0.2) is 4.98 Å². The number of furan rings is 1. The molecule has 0 N–H and O–H groups in total. The highest BCUT2D eigenvalue weighted by Gasteiger charge is 2.21. The van der Waals surface area contributed by atoms with Crippen LogP contribution in [0, 0.1) is 0 Å². The van der Waals surface area contributed by atoms with Crippen LogP contribution in [0.4, 0.5) is 0 Å². The van der Waals surface area contributed by atoms with Crippen LogP contribution in [0.2, 0.25) is 5.28 Å². The van der Waals surface area contributed by atoms with E-state index in [4.69, 9.17) is 21.0 Å². The molecule has 0 spiro atoms. The zero-order chi connectivity index (χ0) is 24.1. The molecule has 170 valence electrons. The van der Waals surface area contributed by atoms with E-state index in [9.17, 15) is 0 Å². The molecular weight excluding hydrogens is 466 g/mol. The molecule has 5 aromatic carbocycles. The molecule has 4 nitrogen and oxygen atoms in total. The standard InChI is InChI=1S/C31H18ClN3O/c32-31-34-29(22-15-14-19-8-4-5-11-21(19)18-22)33-30(35-31)28-23(20-9-2-1-3-10-20)16-17-26-27(28)24-12-6-7-13-25(24)36-26/h1-18H. The van der Waals surface area contributed by atoms with Gasteiger partial charge in [-0.05, 0) is 57.8 Å². The van der Waals surface area contributed by atoms with Crippen molar-refractivity contribution in [3.8, 4) is 33.9 Å². The highest BCUT2D eigenvalue weighted by molar-refractivity contribution is 6.28. The summed E-state index contributed by atoms with van der Waals surface area (Å²) < 4.78 is 6.19. The number of halogens is 1. The van der Waals surface area contributed by atoms with E-state index in [1.54, 1.807) is 0 Å². The van der Waals surface area contributed by atoms with Crippen LogP contribution in [0.5, 0.6) is 0 Å². The first-order chi connectivity index (χ1) is 17.7. The number of benzene rings is 5. The van der Waals surface area contributed by atoms with Gasteiger partial charge in [-0.1, -0.05) is 84.9 Å². The number of fused-ring (bicyclic) bond motifs is 4. The average molecular weight is 484 g/mol. The second-order valence-electron chi connectivity index (χ2n) is 8.64. The Labute approximate surface area is 211 Å². The Bertz CT molecular complexity index is 1910. The summed E-state index contributed by atoms with van der Waals surface area (Å²) in [5.41, 5.74) is 5.40. The predicted molar refractivity (Wildman–Crippen MR) is 146 cm³/mol. The fraction of sp³-hybridized carbons (Fsp3) is 0. The summed E-state index contributed by atoms with van der Waals surface area (Å²) in [6, 6.07) is 36.7. The third-order valence-electron chi connectivity index (χ3n) is 6.47. The Morgan fingerprint density at radius 1 is 0.556 bits per heavy atom. The molecule has 0 atom stereocenters. The summed E-state index contributed by atoms with van der Waals surface area (Å²) in [4.78, 5) is 14.1. The molecule has 0 saturated carbocycles. The summed E-state index contributed by atoms with van der Waals surface area (Å²) in [6.45, 7) is 0. The maximum Gasteiger partial charge on any atom is 0.226 e. The van der Waals surface area contributed by atoms with Gasteiger partial charge in [0.1, 0.15) is 11.2 Å². The van der Waals surface area contributed by atoms with Gasteiger partial charge in [0.25, 0.3) is 0 Å². The zero-order valence-corrected chi connectivity index (χ0v) is 19.8. The van der Waals surface area contributed by atoms with Crippen LogP contribution in [0.3, 0.4) is 0 Å². The maximum atomic E-state index is 6.52. The molecule has 5 heteroatoms. The summed E-state index contributed by atoms with van der Waals surface area (Å²) in [6.07, 6.45) is 0. The number of rotatable bonds is 3. The molecule has 0 radical (unpaired) electrons. The van der Waals surface area contributed by atoms with Crippen molar-refractivity contribution in [2.75, 3.05) is 0 Å². The van der Waals surface area contributed by atoms with Crippen LogP contribution in [-0.4, -0.2) is 15.0 Å². The van der Waals surface area contributed by atoms with Crippen LogP contribution < -0.4 is 0 Å². The van der Waals surface area contributed by atoms with Gasteiger partial charge in [0.15, 0.2) is 11.6 Å². The van der Waals surface area contributed by atoms with Crippen LogP contribution in [0.15, 0.2) is 114 Å². The molecule has 7 aromatic rings. The van der Waals surface area contributed by atoms with Gasteiger partial charge >= 0.3 is 0 Å². The van der Waals surface area contributed by atoms with Gasteiger partial charge in [-0.15, -0.1) is 0 Å². The van der Waals surface area contributed by atoms with Gasteiger partial charge in [-0.2, -0.15) is 9.97 Å². The monoisotopic (exact) mass is 483 g/mol. The molecule has 2 heterocycles.